The minimum atomic E-state index is -5.08. The number of carboxylic acids is 1. The minimum absolute atomic E-state index is 0.0386. The van der Waals surface area contributed by atoms with Gasteiger partial charge >= 0.3 is 12.1 Å². The van der Waals surface area contributed by atoms with E-state index in [9.17, 15) is 26.2 Å². The van der Waals surface area contributed by atoms with Crippen molar-refractivity contribution in [1.82, 2.24) is 24.6 Å². The first-order valence-corrected chi connectivity index (χ1v) is 16.3. The van der Waals surface area contributed by atoms with E-state index in [0.29, 0.717) is 17.1 Å². The third-order valence-electron chi connectivity index (χ3n) is 7.00. The van der Waals surface area contributed by atoms with Crippen LogP contribution in [0.4, 0.5) is 33.5 Å². The number of aliphatic carboxylic acids is 1. The summed E-state index contributed by atoms with van der Waals surface area (Å²) in [6.07, 6.45) is -0.885. The molecule has 4 heterocycles. The molecular formula is C31H27F5N6O3S2. The van der Waals surface area contributed by atoms with Gasteiger partial charge in [-0.2, -0.15) is 13.2 Å². The number of anilines is 2. The second-order valence-electron chi connectivity index (χ2n) is 10.3. The molecule has 47 heavy (non-hydrogen) atoms. The Bertz CT molecular complexity index is 2000. The van der Waals surface area contributed by atoms with Crippen LogP contribution in [0, 0.1) is 23.5 Å². The lowest BCUT2D eigenvalue weighted by molar-refractivity contribution is -0.192. The van der Waals surface area contributed by atoms with Crippen molar-refractivity contribution in [3.63, 3.8) is 0 Å². The Morgan fingerprint density at radius 3 is 2.70 bits per heavy atom. The van der Waals surface area contributed by atoms with Crippen molar-refractivity contribution in [3.8, 4) is 11.8 Å². The molecule has 2 unspecified atom stereocenters. The van der Waals surface area contributed by atoms with E-state index in [0.717, 1.165) is 56.8 Å². The van der Waals surface area contributed by atoms with Gasteiger partial charge in [-0.1, -0.05) is 18.8 Å². The number of nitrogens with one attached hydrogen (secondary N) is 3. The lowest BCUT2D eigenvalue weighted by atomic mass is 10.2. The number of aromatic nitrogens is 3. The maximum absolute atomic E-state index is 14.2. The number of rotatable bonds is 7. The molecule has 6 rings (SSSR count). The zero-order chi connectivity index (χ0) is 33.7. The van der Waals surface area contributed by atoms with Gasteiger partial charge in [0.2, 0.25) is 0 Å². The van der Waals surface area contributed by atoms with Crippen molar-refractivity contribution in [3.05, 3.63) is 83.1 Å². The molecule has 1 fully saturated rings. The second-order valence-corrected chi connectivity index (χ2v) is 12.9. The van der Waals surface area contributed by atoms with Crippen LogP contribution in [0.25, 0.3) is 21.1 Å². The van der Waals surface area contributed by atoms with Gasteiger partial charge in [0, 0.05) is 46.7 Å². The van der Waals surface area contributed by atoms with E-state index < -0.39 is 34.8 Å². The number of benzene rings is 2. The fraction of sp³-hybridized carbons (Fsp3) is 0.258. The Morgan fingerprint density at radius 1 is 1.17 bits per heavy atom. The predicted octanol–water partition coefficient (Wildman–Crippen LogP) is 5.70. The van der Waals surface area contributed by atoms with Gasteiger partial charge in [0.05, 0.1) is 38.7 Å². The molecule has 0 amide bonds. The van der Waals surface area contributed by atoms with E-state index in [1.54, 1.807) is 0 Å². The molecule has 1 aliphatic heterocycles. The number of carboxylic acid groups (broad SMARTS) is 1. The van der Waals surface area contributed by atoms with Crippen LogP contribution in [0.2, 0.25) is 0 Å². The third-order valence-corrected chi connectivity index (χ3v) is 9.16. The van der Waals surface area contributed by atoms with Crippen molar-refractivity contribution in [2.75, 3.05) is 17.6 Å². The van der Waals surface area contributed by atoms with Gasteiger partial charge in [-0.15, -0.1) is 11.3 Å². The quantitative estimate of drug-likeness (QED) is 0.128. The van der Waals surface area contributed by atoms with Crippen LogP contribution in [0.1, 0.15) is 23.8 Å². The molecule has 1 saturated heterocycles. The molecule has 5 aromatic rings. The standard InChI is InChI=1S/C29H26F2N6OS2.C2HF3O2/c1-2-40(38)36-23-13-21(32-15-23)4-6-24-14-26-28(39-24)29(34-17-33-26)35-22-5-8-27-18(12-22)9-10-37(27)16-19-11-20(30)3-7-25(19)31;3-2(4,5)1(6)7/h3,5,7-12,14,17,21,23,32,36H,2,13,15-16H2,1H3,(H,33,34,35);(H,6,7)/t21-,23?,40?;/m1./s1. The number of hydrogen-bond donors (Lipinski definition) is 4. The molecule has 0 aliphatic carbocycles. The maximum atomic E-state index is 14.2. The molecule has 4 N–H and O–H groups in total. The first-order valence-electron chi connectivity index (χ1n) is 14.1. The monoisotopic (exact) mass is 690 g/mol. The maximum Gasteiger partial charge on any atom is 0.490 e. The fourth-order valence-electron chi connectivity index (χ4n) is 4.77. The molecule has 3 atom stereocenters. The van der Waals surface area contributed by atoms with Crippen LogP contribution < -0.4 is 15.4 Å². The number of hydrogen-bond acceptors (Lipinski definition) is 7. The van der Waals surface area contributed by atoms with Crippen LogP contribution >= 0.6 is 11.3 Å². The van der Waals surface area contributed by atoms with Crippen molar-refractivity contribution in [2.45, 2.75) is 38.1 Å². The molecule has 1 aliphatic rings. The summed E-state index contributed by atoms with van der Waals surface area (Å²) in [5.41, 5.74) is 2.87. The summed E-state index contributed by atoms with van der Waals surface area (Å²) < 4.78 is 77.2. The Morgan fingerprint density at radius 2 is 1.96 bits per heavy atom. The molecular weight excluding hydrogens is 664 g/mol. The number of alkyl halides is 3. The average Bonchev–Trinajstić information content (AvgIpc) is 3.76. The summed E-state index contributed by atoms with van der Waals surface area (Å²) in [6.45, 7) is 2.87. The number of halogens is 5. The number of nitrogens with zero attached hydrogens (tertiary/aromatic N) is 3. The molecule has 2 aromatic carbocycles. The zero-order valence-electron chi connectivity index (χ0n) is 24.6. The normalized spacial score (nSPS) is 16.7. The Labute approximate surface area is 271 Å². The van der Waals surface area contributed by atoms with E-state index in [-0.39, 0.29) is 18.6 Å². The molecule has 0 radical (unpaired) electrons. The minimum Gasteiger partial charge on any atom is -0.475 e. The van der Waals surface area contributed by atoms with E-state index in [4.69, 9.17) is 9.90 Å². The van der Waals surface area contributed by atoms with Crippen LogP contribution in [-0.2, 0) is 22.3 Å². The third kappa shape index (κ3) is 8.69. The van der Waals surface area contributed by atoms with Gasteiger partial charge in [-0.3, -0.25) is 0 Å². The van der Waals surface area contributed by atoms with E-state index in [2.05, 4.69) is 37.2 Å². The van der Waals surface area contributed by atoms with Gasteiger partial charge < -0.3 is 20.3 Å². The van der Waals surface area contributed by atoms with Crippen molar-refractivity contribution in [2.24, 2.45) is 0 Å². The molecule has 3 aromatic heterocycles. The first-order chi connectivity index (χ1) is 22.4. The average molecular weight is 691 g/mol. The summed E-state index contributed by atoms with van der Waals surface area (Å²) in [5, 5.41) is 14.9. The smallest absolute Gasteiger partial charge is 0.475 e. The second kappa shape index (κ2) is 14.6. The Hall–Kier alpha value is -4.43. The molecule has 9 nitrogen and oxygen atoms in total. The topological polar surface area (TPSA) is 121 Å². The van der Waals surface area contributed by atoms with Crippen LogP contribution in [0.5, 0.6) is 0 Å². The first kappa shape index (κ1) is 33.9. The van der Waals surface area contributed by atoms with Crippen LogP contribution in [0.15, 0.2) is 61.1 Å². The fourth-order valence-corrected chi connectivity index (χ4v) is 6.40. The molecule has 246 valence electrons. The largest absolute Gasteiger partial charge is 0.490 e. The van der Waals surface area contributed by atoms with Crippen LogP contribution in [-0.4, -0.2) is 60.4 Å². The highest BCUT2D eigenvalue weighted by Gasteiger charge is 2.38. The molecule has 0 saturated carbocycles. The predicted molar refractivity (Wildman–Crippen MR) is 171 cm³/mol. The Kier molecular flexibility index (Phi) is 10.5. The lowest BCUT2D eigenvalue weighted by Gasteiger charge is -2.09. The summed E-state index contributed by atoms with van der Waals surface area (Å²) >= 11 is 1.53. The van der Waals surface area contributed by atoms with Gasteiger partial charge in [0.25, 0.3) is 0 Å². The number of thiophene rings is 1. The van der Waals surface area contributed by atoms with E-state index >= 15 is 0 Å². The lowest BCUT2D eigenvalue weighted by Crippen LogP contribution is -2.33. The highest BCUT2D eigenvalue weighted by atomic mass is 32.2. The van der Waals surface area contributed by atoms with Gasteiger partial charge in [-0.25, -0.2) is 32.5 Å². The Balaban J connectivity index is 0.000000559. The highest BCUT2D eigenvalue weighted by molar-refractivity contribution is 7.83. The van der Waals surface area contributed by atoms with Crippen LogP contribution in [0.3, 0.4) is 0 Å². The zero-order valence-corrected chi connectivity index (χ0v) is 26.2. The van der Waals surface area contributed by atoms with Gasteiger partial charge in [-0.05, 0) is 55.0 Å². The van der Waals surface area contributed by atoms with E-state index in [1.165, 1.54) is 23.7 Å². The number of carbonyl (C=O) groups is 1. The SMILES string of the molecule is CCS(=O)NC1CN[C@H](C#Cc2cc3ncnc(Nc4ccc5c(ccn5Cc5cc(F)ccc5F)c4)c3s2)C1.O=C(O)C(F)(F)F. The summed E-state index contributed by atoms with van der Waals surface area (Å²) in [7, 11) is -1.00. The summed E-state index contributed by atoms with van der Waals surface area (Å²) in [6, 6.07) is 13.5. The molecule has 16 heteroatoms. The van der Waals surface area contributed by atoms with Crippen molar-refractivity contribution >= 4 is 60.9 Å². The molecule has 0 spiro atoms. The summed E-state index contributed by atoms with van der Waals surface area (Å²) in [4.78, 5) is 18.7. The number of fused-ring (bicyclic) bond motifs is 2. The molecule has 0 bridgehead atoms. The summed E-state index contributed by atoms with van der Waals surface area (Å²) in [5.74, 6) is 4.18. The van der Waals surface area contributed by atoms with Gasteiger partial charge in [0.15, 0.2) is 5.82 Å². The van der Waals surface area contributed by atoms with E-state index in [1.807, 2.05) is 48.0 Å². The highest BCUT2D eigenvalue weighted by Crippen LogP contribution is 2.32. The van der Waals surface area contributed by atoms with Crippen molar-refractivity contribution in [1.29, 1.82) is 0 Å². The van der Waals surface area contributed by atoms with Gasteiger partial charge in [0.1, 0.15) is 18.0 Å². The van der Waals surface area contributed by atoms with Crippen molar-refractivity contribution < 1.29 is 36.1 Å².